The Hall–Kier alpha value is -2.56. The zero-order chi connectivity index (χ0) is 22.1. The highest BCUT2D eigenvalue weighted by Crippen LogP contribution is 2.42. The highest BCUT2D eigenvalue weighted by Gasteiger charge is 2.53. The molecular formula is C20H21BrF2N4O3. The van der Waals surface area contributed by atoms with Crippen LogP contribution in [0.5, 0.6) is 0 Å². The maximum atomic E-state index is 14.5. The van der Waals surface area contributed by atoms with Crippen molar-refractivity contribution in [3.8, 4) is 0 Å². The second-order valence-electron chi connectivity index (χ2n) is 7.11. The van der Waals surface area contributed by atoms with E-state index in [1.165, 1.54) is 12.1 Å². The zero-order valence-electron chi connectivity index (χ0n) is 16.4. The summed E-state index contributed by atoms with van der Waals surface area (Å²) < 4.78 is 29.6. The third-order valence-electron chi connectivity index (χ3n) is 4.67. The first kappa shape index (κ1) is 22.1. The summed E-state index contributed by atoms with van der Waals surface area (Å²) in [7, 11) is 3.74. The van der Waals surface area contributed by atoms with E-state index in [4.69, 9.17) is 0 Å². The summed E-state index contributed by atoms with van der Waals surface area (Å²) in [6.07, 6.45) is 0.570. The molecule has 1 atom stereocenters. The summed E-state index contributed by atoms with van der Waals surface area (Å²) in [5.41, 5.74) is -3.37. The van der Waals surface area contributed by atoms with Crippen LogP contribution in [0.3, 0.4) is 0 Å². The van der Waals surface area contributed by atoms with Gasteiger partial charge in [0.25, 0.3) is 11.6 Å². The molecule has 0 radical (unpaired) electrons. The fourth-order valence-corrected chi connectivity index (χ4v) is 3.62. The number of carbonyl (C=O) groups is 2. The van der Waals surface area contributed by atoms with Gasteiger partial charge in [-0.25, -0.2) is 18.5 Å². The molecule has 7 nitrogen and oxygen atoms in total. The molecule has 0 aromatic heterocycles. The van der Waals surface area contributed by atoms with Crippen molar-refractivity contribution in [1.82, 2.24) is 10.2 Å². The zero-order valence-corrected chi connectivity index (χ0v) is 18.0. The van der Waals surface area contributed by atoms with Gasteiger partial charge in [-0.3, -0.25) is 4.79 Å². The van der Waals surface area contributed by atoms with Crippen LogP contribution in [0.4, 0.5) is 25.0 Å². The number of carbonyl (C=O) groups excluding carboxylic acids is 2. The average Bonchev–Trinajstić information content (AvgIpc) is 2.67. The van der Waals surface area contributed by atoms with Crippen molar-refractivity contribution in [2.45, 2.75) is 12.1 Å². The van der Waals surface area contributed by atoms with Gasteiger partial charge in [0, 0.05) is 16.6 Å². The monoisotopic (exact) mass is 482 g/mol. The molecule has 3 amide bonds. The number of benzene rings is 2. The molecule has 30 heavy (non-hydrogen) atoms. The van der Waals surface area contributed by atoms with Gasteiger partial charge < -0.3 is 20.6 Å². The van der Waals surface area contributed by atoms with Crippen LogP contribution in [-0.2, 0) is 10.5 Å². The number of rotatable bonds is 6. The maximum absolute atomic E-state index is 14.5. The highest BCUT2D eigenvalue weighted by atomic mass is 79.9. The van der Waals surface area contributed by atoms with Crippen molar-refractivity contribution in [2.75, 3.05) is 37.4 Å². The van der Waals surface area contributed by atoms with Gasteiger partial charge in [-0.15, -0.1) is 0 Å². The van der Waals surface area contributed by atoms with Crippen LogP contribution >= 0.6 is 15.9 Å². The lowest BCUT2D eigenvalue weighted by Crippen LogP contribution is -2.63. The number of hydrogen-bond acceptors (Lipinski definition) is 4. The van der Waals surface area contributed by atoms with Crippen LogP contribution in [0.2, 0.25) is 0 Å². The molecule has 3 rings (SSSR count). The number of fused-ring (bicyclic) bond motifs is 1. The van der Waals surface area contributed by atoms with Gasteiger partial charge in [-0.2, -0.15) is 0 Å². The number of nitrogens with one attached hydrogen (secondary N) is 2. The summed E-state index contributed by atoms with van der Waals surface area (Å²) in [5.74, 6) is -3.16. The molecule has 1 heterocycles. The SMILES string of the molecule is CN(C)CCCNC(=O)[C@@]1(O)c2cc(Br)ccc2NC(=O)N1c1c(F)cccc1F. The summed E-state index contributed by atoms with van der Waals surface area (Å²) in [6.45, 7) is 0.866. The van der Waals surface area contributed by atoms with Crippen molar-refractivity contribution in [1.29, 1.82) is 0 Å². The van der Waals surface area contributed by atoms with Crippen LogP contribution in [0.15, 0.2) is 40.9 Å². The molecule has 0 bridgehead atoms. The Balaban J connectivity index is 2.10. The molecule has 0 aliphatic carbocycles. The van der Waals surface area contributed by atoms with E-state index in [2.05, 4.69) is 26.6 Å². The van der Waals surface area contributed by atoms with Gasteiger partial charge in [0.15, 0.2) is 0 Å². The fourth-order valence-electron chi connectivity index (χ4n) is 3.26. The minimum Gasteiger partial charge on any atom is -0.359 e. The molecule has 1 aliphatic rings. The van der Waals surface area contributed by atoms with Gasteiger partial charge in [0.2, 0.25) is 0 Å². The second kappa shape index (κ2) is 8.66. The lowest BCUT2D eigenvalue weighted by atomic mass is 9.94. The predicted octanol–water partition coefficient (Wildman–Crippen LogP) is 2.99. The number of halogens is 3. The molecule has 1 aliphatic heterocycles. The van der Waals surface area contributed by atoms with Crippen LogP contribution < -0.4 is 15.5 Å². The summed E-state index contributed by atoms with van der Waals surface area (Å²) in [6, 6.07) is 6.47. The lowest BCUT2D eigenvalue weighted by Gasteiger charge is -2.42. The van der Waals surface area contributed by atoms with E-state index < -0.39 is 35.0 Å². The minimum absolute atomic E-state index is 0.0239. The molecule has 160 valence electrons. The van der Waals surface area contributed by atoms with Crippen molar-refractivity contribution in [2.24, 2.45) is 0 Å². The van der Waals surface area contributed by atoms with Gasteiger partial charge in [0.05, 0.1) is 5.69 Å². The average molecular weight is 483 g/mol. The number of urea groups is 1. The van der Waals surface area contributed by atoms with Gasteiger partial charge in [0.1, 0.15) is 17.3 Å². The van der Waals surface area contributed by atoms with E-state index in [0.29, 0.717) is 22.3 Å². The Morgan fingerprint density at radius 1 is 1.27 bits per heavy atom. The Morgan fingerprint density at radius 3 is 2.57 bits per heavy atom. The molecule has 0 spiro atoms. The number of nitrogens with zero attached hydrogens (tertiary/aromatic N) is 2. The summed E-state index contributed by atoms with van der Waals surface area (Å²) >= 11 is 3.26. The van der Waals surface area contributed by atoms with Gasteiger partial charge >= 0.3 is 6.03 Å². The number of amides is 3. The lowest BCUT2D eigenvalue weighted by molar-refractivity contribution is -0.140. The molecule has 2 aromatic rings. The third kappa shape index (κ3) is 4.03. The largest absolute Gasteiger partial charge is 0.359 e. The Morgan fingerprint density at radius 2 is 1.93 bits per heavy atom. The Bertz CT molecular complexity index is 968. The predicted molar refractivity (Wildman–Crippen MR) is 112 cm³/mol. The van der Waals surface area contributed by atoms with Crippen molar-refractivity contribution in [3.05, 3.63) is 58.1 Å². The smallest absolute Gasteiger partial charge is 0.329 e. The van der Waals surface area contributed by atoms with Crippen molar-refractivity contribution in [3.63, 3.8) is 0 Å². The fraction of sp³-hybridized carbons (Fsp3) is 0.300. The molecular weight excluding hydrogens is 462 g/mol. The van der Waals surface area contributed by atoms with E-state index in [0.717, 1.165) is 18.2 Å². The first-order valence-corrected chi connectivity index (χ1v) is 9.96. The standard InChI is InChI=1S/C20H21BrF2N4O3/c1-26(2)10-4-9-24-18(28)20(30)13-11-12(21)7-8-16(13)25-19(29)27(20)17-14(22)5-3-6-15(17)23/h3,5-8,11,30H,4,9-10H2,1-2H3,(H,24,28)(H,25,29)/t20-/m0/s1. The van der Waals surface area contributed by atoms with Crippen molar-refractivity contribution < 1.29 is 23.5 Å². The molecule has 0 unspecified atom stereocenters. The summed E-state index contributed by atoms with van der Waals surface area (Å²) in [5, 5.41) is 16.6. The number of aliphatic hydroxyl groups is 1. The topological polar surface area (TPSA) is 84.9 Å². The molecule has 2 aromatic carbocycles. The van der Waals surface area contributed by atoms with E-state index in [1.807, 2.05) is 19.0 Å². The summed E-state index contributed by atoms with van der Waals surface area (Å²) in [4.78, 5) is 28.3. The van der Waals surface area contributed by atoms with Crippen LogP contribution in [-0.4, -0.2) is 49.1 Å². The quantitative estimate of drug-likeness (QED) is 0.552. The van der Waals surface area contributed by atoms with Gasteiger partial charge in [-0.1, -0.05) is 22.0 Å². The first-order valence-electron chi connectivity index (χ1n) is 9.17. The molecule has 0 saturated heterocycles. The third-order valence-corrected chi connectivity index (χ3v) is 5.16. The van der Waals surface area contributed by atoms with E-state index in [9.17, 15) is 23.5 Å². The van der Waals surface area contributed by atoms with Crippen molar-refractivity contribution >= 4 is 39.2 Å². The molecule has 0 fully saturated rings. The van der Waals surface area contributed by atoms with E-state index in [-0.39, 0.29) is 17.8 Å². The molecule has 10 heteroatoms. The van der Waals surface area contributed by atoms with E-state index in [1.54, 1.807) is 6.07 Å². The highest BCUT2D eigenvalue weighted by molar-refractivity contribution is 9.10. The number of hydrogen-bond donors (Lipinski definition) is 3. The van der Waals surface area contributed by atoms with E-state index >= 15 is 0 Å². The van der Waals surface area contributed by atoms with Crippen LogP contribution in [0.1, 0.15) is 12.0 Å². The minimum atomic E-state index is -2.68. The number of anilines is 2. The molecule has 3 N–H and O–H groups in total. The second-order valence-corrected chi connectivity index (χ2v) is 8.03. The molecule has 0 saturated carbocycles. The first-order chi connectivity index (χ1) is 14.2. The Labute approximate surface area is 180 Å². The van der Waals surface area contributed by atoms with Crippen LogP contribution in [0, 0.1) is 11.6 Å². The maximum Gasteiger partial charge on any atom is 0.329 e. The number of para-hydroxylation sites is 1. The van der Waals surface area contributed by atoms with Gasteiger partial charge in [-0.05, 0) is 57.4 Å². The Kier molecular flexibility index (Phi) is 6.39. The normalized spacial score (nSPS) is 18.2. The van der Waals surface area contributed by atoms with Crippen LogP contribution in [0.25, 0.3) is 0 Å².